The molecule has 2 aromatic rings. The number of hydrogen-bond acceptors (Lipinski definition) is 4. The Labute approximate surface area is 141 Å². The predicted molar refractivity (Wildman–Crippen MR) is 91.3 cm³/mol. The van der Waals surface area contributed by atoms with Crippen molar-refractivity contribution < 1.29 is 4.79 Å². The number of nitrogens with zero attached hydrogens (tertiary/aromatic N) is 2. The molecule has 6 heteroatoms. The number of nitrogens with one attached hydrogen (secondary N) is 1. The molecule has 4 nitrogen and oxygen atoms in total. The average molecular weight is 377 g/mol. The van der Waals surface area contributed by atoms with E-state index in [2.05, 4.69) is 26.5 Å². The van der Waals surface area contributed by atoms with Crippen LogP contribution in [0.2, 0.25) is 5.02 Å². The Balaban J connectivity index is 2.24. The molecule has 0 unspecified atom stereocenters. The van der Waals surface area contributed by atoms with E-state index in [1.807, 2.05) is 13.0 Å². The smallest absolute Gasteiger partial charge is 0.223 e. The number of carbonyl (C=O) groups is 1. The van der Waals surface area contributed by atoms with Gasteiger partial charge in [-0.3, -0.25) is 10.2 Å². The summed E-state index contributed by atoms with van der Waals surface area (Å²) in [6.45, 7) is 1.82. The number of rotatable bonds is 4. The number of ketones is 1. The summed E-state index contributed by atoms with van der Waals surface area (Å²) in [5.74, 6) is -0.442. The number of Topliss-reactive ketones (excluding diaryl/α,β-unsaturated/α-hetero) is 1. The van der Waals surface area contributed by atoms with Gasteiger partial charge in [0.2, 0.25) is 11.5 Å². The third kappa shape index (κ3) is 3.73. The Bertz CT molecular complexity index is 779. The lowest BCUT2D eigenvalue weighted by Gasteiger charge is -2.06. The standard InChI is InChI=1S/C16H11BrClN3O/c1-10-13(18)3-2-4-14(10)20-21-15(9-19)16(22)11-5-7-12(17)8-6-11/h2-8,20H,1H3/b21-15+. The molecule has 0 heterocycles. The number of hydrogen-bond donors (Lipinski definition) is 1. The summed E-state index contributed by atoms with van der Waals surface area (Å²) < 4.78 is 0.854. The quantitative estimate of drug-likeness (QED) is 0.482. The van der Waals surface area contributed by atoms with Crippen LogP contribution in [-0.2, 0) is 0 Å². The number of halogens is 2. The molecule has 2 rings (SSSR count). The van der Waals surface area contributed by atoms with Crippen LogP contribution < -0.4 is 5.43 Å². The molecule has 0 spiro atoms. The zero-order valence-corrected chi connectivity index (χ0v) is 13.9. The lowest BCUT2D eigenvalue weighted by Crippen LogP contribution is -2.14. The van der Waals surface area contributed by atoms with E-state index in [-0.39, 0.29) is 5.71 Å². The Kier molecular flexibility index (Phi) is 5.31. The molecule has 0 aliphatic rings. The summed E-state index contributed by atoms with van der Waals surface area (Å²) in [7, 11) is 0. The van der Waals surface area contributed by atoms with E-state index < -0.39 is 5.78 Å². The highest BCUT2D eigenvalue weighted by Gasteiger charge is 2.14. The van der Waals surface area contributed by atoms with Crippen LogP contribution in [0.4, 0.5) is 5.69 Å². The van der Waals surface area contributed by atoms with E-state index >= 15 is 0 Å². The van der Waals surface area contributed by atoms with Crippen molar-refractivity contribution in [1.29, 1.82) is 5.26 Å². The Hall–Kier alpha value is -2.16. The van der Waals surface area contributed by atoms with Gasteiger partial charge in [0.15, 0.2) is 0 Å². The molecule has 110 valence electrons. The fourth-order valence-electron chi connectivity index (χ4n) is 1.71. The molecular weight excluding hydrogens is 366 g/mol. The van der Waals surface area contributed by atoms with Crippen LogP contribution in [0.5, 0.6) is 0 Å². The Morgan fingerprint density at radius 1 is 1.27 bits per heavy atom. The topological polar surface area (TPSA) is 65.2 Å². The van der Waals surface area contributed by atoms with Gasteiger partial charge in [-0.2, -0.15) is 10.4 Å². The van der Waals surface area contributed by atoms with Gasteiger partial charge in [-0.1, -0.05) is 33.6 Å². The predicted octanol–water partition coefficient (Wildman–Crippen LogP) is 4.59. The van der Waals surface area contributed by atoms with Crippen molar-refractivity contribution in [3.05, 3.63) is 63.1 Å². The highest BCUT2D eigenvalue weighted by molar-refractivity contribution is 9.10. The van der Waals surface area contributed by atoms with Crippen LogP contribution in [0, 0.1) is 18.3 Å². The zero-order valence-electron chi connectivity index (χ0n) is 11.6. The van der Waals surface area contributed by atoms with Crippen molar-refractivity contribution in [3.63, 3.8) is 0 Å². The molecular formula is C16H11BrClN3O. The third-order valence-electron chi connectivity index (χ3n) is 2.98. The largest absolute Gasteiger partial charge is 0.286 e. The molecule has 0 aliphatic heterocycles. The second-order valence-electron chi connectivity index (χ2n) is 4.43. The van der Waals surface area contributed by atoms with E-state index in [1.54, 1.807) is 42.5 Å². The van der Waals surface area contributed by atoms with Crippen molar-refractivity contribution >= 4 is 44.7 Å². The molecule has 22 heavy (non-hydrogen) atoms. The van der Waals surface area contributed by atoms with E-state index in [0.29, 0.717) is 16.3 Å². The molecule has 1 N–H and O–H groups in total. The minimum Gasteiger partial charge on any atom is -0.286 e. The first-order chi connectivity index (χ1) is 10.5. The van der Waals surface area contributed by atoms with Gasteiger partial charge in [-0.25, -0.2) is 0 Å². The Morgan fingerprint density at radius 3 is 2.59 bits per heavy atom. The first kappa shape index (κ1) is 16.2. The van der Waals surface area contributed by atoms with E-state index in [4.69, 9.17) is 16.9 Å². The summed E-state index contributed by atoms with van der Waals surface area (Å²) in [6.07, 6.45) is 0. The minimum absolute atomic E-state index is 0.221. The maximum atomic E-state index is 12.2. The number of hydrazone groups is 1. The fraction of sp³-hybridized carbons (Fsp3) is 0.0625. The van der Waals surface area contributed by atoms with Gasteiger partial charge >= 0.3 is 0 Å². The lowest BCUT2D eigenvalue weighted by molar-refractivity contribution is 0.106. The van der Waals surface area contributed by atoms with E-state index in [1.165, 1.54) is 0 Å². The van der Waals surface area contributed by atoms with Gasteiger partial charge in [0.1, 0.15) is 6.07 Å². The molecule has 0 saturated carbocycles. The maximum Gasteiger partial charge on any atom is 0.223 e. The molecule has 0 aromatic heterocycles. The molecule has 0 fully saturated rings. The van der Waals surface area contributed by atoms with Gasteiger partial charge in [0.05, 0.1) is 5.69 Å². The maximum absolute atomic E-state index is 12.2. The fourth-order valence-corrected chi connectivity index (χ4v) is 2.15. The van der Waals surface area contributed by atoms with Gasteiger partial charge in [-0.05, 0) is 48.9 Å². The van der Waals surface area contributed by atoms with Crippen LogP contribution in [0.15, 0.2) is 52.0 Å². The highest BCUT2D eigenvalue weighted by Crippen LogP contribution is 2.22. The summed E-state index contributed by atoms with van der Waals surface area (Å²) >= 11 is 9.30. The van der Waals surface area contributed by atoms with E-state index in [9.17, 15) is 4.79 Å². The van der Waals surface area contributed by atoms with Crippen LogP contribution in [0.25, 0.3) is 0 Å². The Morgan fingerprint density at radius 2 is 1.95 bits per heavy atom. The summed E-state index contributed by atoms with van der Waals surface area (Å²) in [5, 5.41) is 13.6. The molecule has 0 amide bonds. The van der Waals surface area contributed by atoms with Gasteiger partial charge in [0, 0.05) is 15.1 Å². The zero-order chi connectivity index (χ0) is 16.1. The van der Waals surface area contributed by atoms with Crippen molar-refractivity contribution in [2.45, 2.75) is 6.92 Å². The van der Waals surface area contributed by atoms with Crippen LogP contribution in [-0.4, -0.2) is 11.5 Å². The van der Waals surface area contributed by atoms with Gasteiger partial charge in [-0.15, -0.1) is 0 Å². The summed E-state index contributed by atoms with van der Waals surface area (Å²) in [5.41, 5.74) is 4.33. The highest BCUT2D eigenvalue weighted by atomic mass is 79.9. The number of carbonyl (C=O) groups excluding carboxylic acids is 1. The van der Waals surface area contributed by atoms with Gasteiger partial charge in [0.25, 0.3) is 0 Å². The van der Waals surface area contributed by atoms with Crippen LogP contribution >= 0.6 is 27.5 Å². The van der Waals surface area contributed by atoms with Crippen molar-refractivity contribution in [2.75, 3.05) is 5.43 Å². The molecule has 0 saturated heterocycles. The summed E-state index contributed by atoms with van der Waals surface area (Å²) in [4.78, 5) is 12.2. The molecule has 0 radical (unpaired) electrons. The van der Waals surface area contributed by atoms with Crippen molar-refractivity contribution in [2.24, 2.45) is 5.10 Å². The van der Waals surface area contributed by atoms with Crippen LogP contribution in [0.1, 0.15) is 15.9 Å². The van der Waals surface area contributed by atoms with Crippen molar-refractivity contribution in [3.8, 4) is 6.07 Å². The van der Waals surface area contributed by atoms with Crippen LogP contribution in [0.3, 0.4) is 0 Å². The second-order valence-corrected chi connectivity index (χ2v) is 5.76. The monoisotopic (exact) mass is 375 g/mol. The molecule has 2 aromatic carbocycles. The molecule has 0 atom stereocenters. The SMILES string of the molecule is Cc1c(Cl)cccc1N/N=C(\C#N)C(=O)c1ccc(Br)cc1. The number of nitriles is 1. The molecule has 0 aliphatic carbocycles. The van der Waals surface area contributed by atoms with E-state index in [0.717, 1.165) is 10.0 Å². The lowest BCUT2D eigenvalue weighted by atomic mass is 10.1. The summed E-state index contributed by atoms with van der Waals surface area (Å²) in [6, 6.07) is 13.8. The minimum atomic E-state index is -0.442. The average Bonchev–Trinajstić information content (AvgIpc) is 2.52. The molecule has 0 bridgehead atoms. The first-order valence-electron chi connectivity index (χ1n) is 6.32. The second kappa shape index (κ2) is 7.21. The van der Waals surface area contributed by atoms with Gasteiger partial charge < -0.3 is 0 Å². The number of anilines is 1. The normalized spacial score (nSPS) is 10.9. The van der Waals surface area contributed by atoms with Crippen molar-refractivity contribution in [1.82, 2.24) is 0 Å². The third-order valence-corrected chi connectivity index (χ3v) is 3.92. The first-order valence-corrected chi connectivity index (χ1v) is 7.49. The number of benzene rings is 2.